The van der Waals surface area contributed by atoms with Gasteiger partial charge in [0.1, 0.15) is 23.0 Å². The van der Waals surface area contributed by atoms with Crippen molar-refractivity contribution in [1.29, 1.82) is 0 Å². The van der Waals surface area contributed by atoms with Crippen LogP contribution in [0, 0.1) is 13.8 Å². The predicted molar refractivity (Wildman–Crippen MR) is 146 cm³/mol. The number of aliphatic imine (C=N–C) groups is 1. The number of hydrogen-bond donors (Lipinski definition) is 0. The highest BCUT2D eigenvalue weighted by atomic mass is 16.5. The van der Waals surface area contributed by atoms with Gasteiger partial charge in [-0.2, -0.15) is 0 Å². The molecule has 0 atom stereocenters. The second kappa shape index (κ2) is 11.9. The van der Waals surface area contributed by atoms with Gasteiger partial charge >= 0.3 is 0 Å². The fourth-order valence-electron chi connectivity index (χ4n) is 4.15. The first-order valence-corrected chi connectivity index (χ1v) is 13.1. The van der Waals surface area contributed by atoms with Crippen LogP contribution in [-0.2, 0) is 0 Å². The van der Waals surface area contributed by atoms with Crippen molar-refractivity contribution in [2.24, 2.45) is 10.1 Å². The number of rotatable bonds is 12. The number of fused-ring (bicyclic) bond motifs is 1. The van der Waals surface area contributed by atoms with Crippen molar-refractivity contribution in [3.63, 3.8) is 0 Å². The van der Waals surface area contributed by atoms with Crippen LogP contribution in [0.25, 0.3) is 0 Å². The molecule has 3 aromatic rings. The van der Waals surface area contributed by atoms with Crippen LogP contribution in [0.1, 0.15) is 75.8 Å². The smallest absolute Gasteiger partial charge is 0.204 e. The van der Waals surface area contributed by atoms with Crippen molar-refractivity contribution < 1.29 is 4.74 Å². The van der Waals surface area contributed by atoms with E-state index in [1.54, 1.807) is 4.79 Å². The molecular formula is C28H37N7O. The molecular weight excluding hydrogens is 450 g/mol. The molecule has 1 aliphatic heterocycles. The molecule has 0 saturated carbocycles. The highest BCUT2D eigenvalue weighted by Crippen LogP contribution is 2.28. The molecule has 0 amide bonds. The number of aromatic nitrogens is 4. The van der Waals surface area contributed by atoms with Gasteiger partial charge < -0.3 is 9.64 Å². The fraction of sp³-hybridized carbons (Fsp3) is 0.464. The Hall–Kier alpha value is -3.55. The zero-order valence-corrected chi connectivity index (χ0v) is 22.2. The molecule has 1 aliphatic rings. The standard InChI is InChI=1S/C28H37N7O/c1-6-9-17-34(18-10-7-2)25-16-15-23(20(4)29-25)31-27-26(33-35-28(27)30-21(5)32-35)22-13-11-12-14-24(22)36-19-8-3/h11-16H,6-10,17-19H2,1-5H3. The van der Waals surface area contributed by atoms with E-state index in [2.05, 4.69) is 47.9 Å². The van der Waals surface area contributed by atoms with Crippen molar-refractivity contribution in [1.82, 2.24) is 19.9 Å². The Kier molecular flexibility index (Phi) is 8.46. The van der Waals surface area contributed by atoms with E-state index in [1.165, 1.54) is 12.8 Å². The van der Waals surface area contributed by atoms with E-state index >= 15 is 0 Å². The number of nitrogens with zero attached hydrogens (tertiary/aromatic N) is 7. The van der Waals surface area contributed by atoms with Crippen molar-refractivity contribution in [2.75, 3.05) is 24.6 Å². The van der Waals surface area contributed by atoms with Crippen LogP contribution in [0.3, 0.4) is 0 Å². The molecule has 0 N–H and O–H groups in total. The lowest BCUT2D eigenvalue weighted by Gasteiger charge is -2.24. The van der Waals surface area contributed by atoms with Gasteiger partial charge in [0, 0.05) is 18.7 Å². The molecule has 1 aromatic carbocycles. The maximum absolute atomic E-state index is 6.02. The van der Waals surface area contributed by atoms with Crippen LogP contribution >= 0.6 is 0 Å². The van der Waals surface area contributed by atoms with Gasteiger partial charge in [-0.3, -0.25) is 0 Å². The number of unbranched alkanes of at least 4 members (excludes halogenated alkanes) is 2. The number of hydrogen-bond acceptors (Lipinski definition) is 7. The van der Waals surface area contributed by atoms with Gasteiger partial charge in [0.15, 0.2) is 5.82 Å². The van der Waals surface area contributed by atoms with Crippen LogP contribution in [0.2, 0.25) is 0 Å². The zero-order valence-electron chi connectivity index (χ0n) is 22.2. The minimum absolute atomic E-state index is 0.629. The largest absolute Gasteiger partial charge is 0.493 e. The SMILES string of the molecule is CCCCN(CCCC)c1ccc(N=C2C(c3ccccc3OCCC)=Nn3nc(C)nc32)c(C)n1. The van der Waals surface area contributed by atoms with Gasteiger partial charge in [0.25, 0.3) is 0 Å². The van der Waals surface area contributed by atoms with Crippen molar-refractivity contribution in [3.8, 4) is 5.75 Å². The third kappa shape index (κ3) is 5.64. The van der Waals surface area contributed by atoms with E-state index < -0.39 is 0 Å². The normalized spacial score (nSPS) is 13.7. The molecule has 4 rings (SSSR count). The quantitative estimate of drug-likeness (QED) is 0.319. The molecule has 8 heteroatoms. The summed E-state index contributed by atoms with van der Waals surface area (Å²) in [7, 11) is 0. The average molecular weight is 488 g/mol. The summed E-state index contributed by atoms with van der Waals surface area (Å²) in [4.78, 5) is 18.6. The summed E-state index contributed by atoms with van der Waals surface area (Å²) in [5, 5.41) is 9.19. The summed E-state index contributed by atoms with van der Waals surface area (Å²) in [5.41, 5.74) is 3.93. The van der Waals surface area contributed by atoms with E-state index in [4.69, 9.17) is 19.8 Å². The second-order valence-corrected chi connectivity index (χ2v) is 9.09. The monoisotopic (exact) mass is 487 g/mol. The van der Waals surface area contributed by atoms with Crippen LogP contribution < -0.4 is 9.64 Å². The van der Waals surface area contributed by atoms with E-state index in [0.29, 0.717) is 29.7 Å². The maximum Gasteiger partial charge on any atom is 0.204 e. The van der Waals surface area contributed by atoms with Crippen molar-refractivity contribution in [3.05, 3.63) is 59.3 Å². The molecule has 0 bridgehead atoms. The van der Waals surface area contributed by atoms with Gasteiger partial charge in [-0.25, -0.2) is 15.0 Å². The summed E-state index contributed by atoms with van der Waals surface area (Å²) >= 11 is 0. The molecule has 3 heterocycles. The molecule has 0 fully saturated rings. The van der Waals surface area contributed by atoms with Gasteiger partial charge in [0.2, 0.25) is 5.82 Å². The fourth-order valence-corrected chi connectivity index (χ4v) is 4.15. The lowest BCUT2D eigenvalue weighted by atomic mass is 10.0. The predicted octanol–water partition coefficient (Wildman–Crippen LogP) is 5.87. The van der Waals surface area contributed by atoms with Gasteiger partial charge in [0.05, 0.1) is 18.0 Å². The molecule has 0 radical (unpaired) electrons. The number of aryl methyl sites for hydroxylation is 2. The number of pyridine rings is 1. The number of ether oxygens (including phenoxy) is 1. The highest BCUT2D eigenvalue weighted by molar-refractivity contribution is 6.54. The van der Waals surface area contributed by atoms with Gasteiger partial charge in [-0.15, -0.1) is 15.0 Å². The molecule has 0 spiro atoms. The molecule has 36 heavy (non-hydrogen) atoms. The van der Waals surface area contributed by atoms with Crippen molar-refractivity contribution in [2.45, 2.75) is 66.7 Å². The van der Waals surface area contributed by atoms with E-state index in [9.17, 15) is 0 Å². The molecule has 8 nitrogen and oxygen atoms in total. The van der Waals surface area contributed by atoms with Crippen LogP contribution in [0.5, 0.6) is 5.75 Å². The Balaban J connectivity index is 1.72. The summed E-state index contributed by atoms with van der Waals surface area (Å²) in [6.07, 6.45) is 5.57. The molecule has 2 aromatic heterocycles. The lowest BCUT2D eigenvalue weighted by molar-refractivity contribution is 0.317. The number of benzene rings is 1. The summed E-state index contributed by atoms with van der Waals surface area (Å²) in [6, 6.07) is 12.1. The summed E-state index contributed by atoms with van der Waals surface area (Å²) in [6.45, 7) is 13.1. The topological polar surface area (TPSA) is 80.8 Å². The molecule has 0 aliphatic carbocycles. The maximum atomic E-state index is 6.02. The van der Waals surface area contributed by atoms with Gasteiger partial charge in [-0.05, 0) is 57.4 Å². The Labute approximate surface area is 214 Å². The summed E-state index contributed by atoms with van der Waals surface area (Å²) in [5.74, 6) is 3.07. The Bertz CT molecular complexity index is 1240. The highest BCUT2D eigenvalue weighted by Gasteiger charge is 2.30. The van der Waals surface area contributed by atoms with E-state index in [1.807, 2.05) is 38.1 Å². The van der Waals surface area contributed by atoms with Crippen LogP contribution in [0.4, 0.5) is 11.5 Å². The van der Waals surface area contributed by atoms with E-state index in [0.717, 1.165) is 60.9 Å². The van der Waals surface area contributed by atoms with Crippen LogP contribution in [-0.4, -0.2) is 51.0 Å². The third-order valence-corrected chi connectivity index (χ3v) is 6.09. The number of anilines is 1. The number of para-hydroxylation sites is 1. The minimum atomic E-state index is 0.629. The first kappa shape index (κ1) is 25.5. The van der Waals surface area contributed by atoms with Crippen molar-refractivity contribution >= 4 is 22.9 Å². The third-order valence-electron chi connectivity index (χ3n) is 6.09. The van der Waals surface area contributed by atoms with Gasteiger partial charge in [-0.1, -0.05) is 45.7 Å². The first-order chi connectivity index (χ1) is 17.5. The first-order valence-electron chi connectivity index (χ1n) is 13.1. The zero-order chi connectivity index (χ0) is 25.5. The van der Waals surface area contributed by atoms with Crippen LogP contribution in [0.15, 0.2) is 46.5 Å². The summed E-state index contributed by atoms with van der Waals surface area (Å²) < 4.78 is 6.02. The molecule has 0 saturated heterocycles. The Morgan fingerprint density at radius 3 is 2.36 bits per heavy atom. The van der Waals surface area contributed by atoms with E-state index in [-0.39, 0.29) is 0 Å². The average Bonchev–Trinajstić information content (AvgIpc) is 3.40. The second-order valence-electron chi connectivity index (χ2n) is 9.09. The Morgan fingerprint density at radius 2 is 1.67 bits per heavy atom. The Morgan fingerprint density at radius 1 is 0.917 bits per heavy atom. The molecule has 0 unspecified atom stereocenters. The molecule has 190 valence electrons. The lowest BCUT2D eigenvalue weighted by Crippen LogP contribution is -2.26. The minimum Gasteiger partial charge on any atom is -0.493 e.